The standard InChI is InChI=1S/C43H67ClN6O15/c1-5-9-18-55-34-28(47-49-45)25-59-29(23-51)36(34)65-43-40(63-41(54)27-16-14-13-15-17-27)39(58-21-12-8-4)37(31(62-43)26-60-32(53)22-44)64-42-33(48-50-46)38(57-20-11-7-3)35(30(24-52)61-42)56-19-10-6-2/h13-17,28-31,33-40,42-43,51-52H,5-12,18-26H2,1-4H3. The Kier molecular flexibility index (Phi) is 25.1. The lowest BCUT2D eigenvalue weighted by molar-refractivity contribution is -0.365. The molecule has 65 heavy (non-hydrogen) atoms. The second kappa shape index (κ2) is 30.1. The minimum absolute atomic E-state index is 0.0875. The summed E-state index contributed by atoms with van der Waals surface area (Å²) in [4.78, 5) is 32.9. The van der Waals surface area contributed by atoms with Crippen molar-refractivity contribution >= 4 is 23.5 Å². The van der Waals surface area contributed by atoms with Crippen molar-refractivity contribution in [3.63, 3.8) is 0 Å². The number of azide groups is 2. The molecule has 0 bridgehead atoms. The second-order valence-electron chi connectivity index (χ2n) is 15.8. The summed E-state index contributed by atoms with van der Waals surface area (Å²) in [5, 5.41) is 29.3. The molecular weight excluding hydrogens is 876 g/mol. The summed E-state index contributed by atoms with van der Waals surface area (Å²) < 4.78 is 69.8. The summed E-state index contributed by atoms with van der Waals surface area (Å²) in [5.74, 6) is -2.09. The van der Waals surface area contributed by atoms with Crippen molar-refractivity contribution in [2.45, 2.75) is 165 Å². The Balaban J connectivity index is 1.87. The van der Waals surface area contributed by atoms with Gasteiger partial charge in [-0.3, -0.25) is 4.79 Å². The number of esters is 2. The lowest BCUT2D eigenvalue weighted by Crippen LogP contribution is -2.67. The second-order valence-corrected chi connectivity index (χ2v) is 16.1. The van der Waals surface area contributed by atoms with Crippen molar-refractivity contribution < 1.29 is 71.9 Å². The third-order valence-electron chi connectivity index (χ3n) is 11.1. The van der Waals surface area contributed by atoms with Gasteiger partial charge in [-0.2, -0.15) is 0 Å². The quantitative estimate of drug-likeness (QED) is 0.0244. The van der Waals surface area contributed by atoms with E-state index >= 15 is 0 Å². The van der Waals surface area contributed by atoms with Crippen LogP contribution in [0.4, 0.5) is 0 Å². The molecule has 22 heteroatoms. The molecule has 366 valence electrons. The maximum absolute atomic E-state index is 14.1. The van der Waals surface area contributed by atoms with Gasteiger partial charge in [0.25, 0.3) is 0 Å². The van der Waals surface area contributed by atoms with Crippen molar-refractivity contribution in [3.8, 4) is 0 Å². The highest BCUT2D eigenvalue weighted by Gasteiger charge is 2.56. The van der Waals surface area contributed by atoms with Crippen LogP contribution in [0.25, 0.3) is 20.9 Å². The number of hydrogen-bond acceptors (Lipinski definition) is 17. The van der Waals surface area contributed by atoms with Crippen LogP contribution in [0, 0.1) is 0 Å². The number of benzene rings is 1. The molecule has 1 aromatic rings. The van der Waals surface area contributed by atoms with E-state index in [2.05, 4.69) is 20.1 Å². The largest absolute Gasteiger partial charge is 0.462 e. The van der Waals surface area contributed by atoms with E-state index in [1.165, 1.54) is 0 Å². The Bertz CT molecular complexity index is 1630. The summed E-state index contributed by atoms with van der Waals surface area (Å²) in [6.45, 7) is 7.22. The van der Waals surface area contributed by atoms with Gasteiger partial charge in [0, 0.05) is 36.3 Å². The van der Waals surface area contributed by atoms with Crippen LogP contribution in [0.3, 0.4) is 0 Å². The summed E-state index contributed by atoms with van der Waals surface area (Å²) in [6.07, 6.45) is -8.85. The first-order chi connectivity index (χ1) is 31.7. The predicted octanol–water partition coefficient (Wildman–Crippen LogP) is 5.70. The number of carbonyl (C=O) groups excluding carboxylic acids is 2. The van der Waals surface area contributed by atoms with Crippen LogP contribution in [0.15, 0.2) is 40.6 Å². The number of ether oxygens (including phenoxy) is 11. The fourth-order valence-electron chi connectivity index (χ4n) is 7.61. The highest BCUT2D eigenvalue weighted by Crippen LogP contribution is 2.37. The molecule has 0 aromatic heterocycles. The van der Waals surface area contributed by atoms with Crippen LogP contribution in [0.2, 0.25) is 0 Å². The Morgan fingerprint density at radius 3 is 1.80 bits per heavy atom. The van der Waals surface area contributed by atoms with Gasteiger partial charge in [0.05, 0.1) is 43.6 Å². The number of nitrogens with zero attached hydrogens (tertiary/aromatic N) is 6. The Morgan fingerprint density at radius 2 is 1.23 bits per heavy atom. The molecule has 3 aliphatic rings. The Labute approximate surface area is 385 Å². The van der Waals surface area contributed by atoms with E-state index in [4.69, 9.17) is 63.7 Å². The average molecular weight is 943 g/mol. The van der Waals surface area contributed by atoms with Crippen LogP contribution in [0.1, 0.15) is 89.4 Å². The van der Waals surface area contributed by atoms with Gasteiger partial charge in [-0.25, -0.2) is 4.79 Å². The fourth-order valence-corrected chi connectivity index (χ4v) is 7.68. The lowest BCUT2D eigenvalue weighted by Gasteiger charge is -2.50. The van der Waals surface area contributed by atoms with Crippen LogP contribution in [0.5, 0.6) is 0 Å². The molecule has 1 aromatic carbocycles. The Morgan fingerprint density at radius 1 is 0.692 bits per heavy atom. The molecule has 14 unspecified atom stereocenters. The van der Waals surface area contributed by atoms with Crippen molar-refractivity contribution in [1.29, 1.82) is 0 Å². The number of unbranched alkanes of at least 4 members (excludes halogenated alkanes) is 4. The first-order valence-corrected chi connectivity index (χ1v) is 23.2. The van der Waals surface area contributed by atoms with E-state index < -0.39 is 123 Å². The van der Waals surface area contributed by atoms with Gasteiger partial charge in [-0.1, -0.05) is 81.8 Å². The van der Waals surface area contributed by atoms with Gasteiger partial charge < -0.3 is 62.3 Å². The van der Waals surface area contributed by atoms with Crippen molar-refractivity contribution in [2.75, 3.05) is 58.7 Å². The van der Waals surface area contributed by atoms with Gasteiger partial charge in [-0.15, -0.1) is 11.6 Å². The molecule has 3 saturated heterocycles. The predicted molar refractivity (Wildman–Crippen MR) is 233 cm³/mol. The van der Waals surface area contributed by atoms with Crippen molar-refractivity contribution in [1.82, 2.24) is 0 Å². The van der Waals surface area contributed by atoms with E-state index in [-0.39, 0.29) is 32.0 Å². The molecular formula is C43H67ClN6O15. The SMILES string of the molecule is CCCCOC1C(N=[N+]=[N-])COC(CO)C1OC1OC(COC(=O)CCl)C(OC2OC(CO)C(OCCCC)C(OCCCC)C2N=[N+]=[N-])C(OCCCC)C1OC(=O)c1ccccc1. The molecule has 3 fully saturated rings. The van der Waals surface area contributed by atoms with Gasteiger partial charge in [0.1, 0.15) is 61.3 Å². The number of hydrogen-bond donors (Lipinski definition) is 2. The first kappa shape index (κ1) is 54.2. The van der Waals surface area contributed by atoms with Gasteiger partial charge in [0.15, 0.2) is 18.7 Å². The molecule has 21 nitrogen and oxygen atoms in total. The lowest BCUT2D eigenvalue weighted by atomic mass is 9.94. The molecule has 0 aliphatic carbocycles. The summed E-state index contributed by atoms with van der Waals surface area (Å²) in [5.41, 5.74) is 19.6. The topological polar surface area (TPSA) is 274 Å². The van der Waals surface area contributed by atoms with Crippen LogP contribution in [-0.2, 0) is 56.9 Å². The zero-order valence-electron chi connectivity index (χ0n) is 37.8. The number of rotatable bonds is 29. The van der Waals surface area contributed by atoms with Crippen molar-refractivity contribution in [3.05, 3.63) is 56.8 Å². The molecule has 3 heterocycles. The number of aliphatic hydroxyl groups excluding tert-OH is 2. The molecule has 0 spiro atoms. The van der Waals surface area contributed by atoms with E-state index in [0.29, 0.717) is 38.7 Å². The number of halogens is 1. The summed E-state index contributed by atoms with van der Waals surface area (Å²) in [7, 11) is 0. The Hall–Kier alpha value is -3.37. The molecule has 4 rings (SSSR count). The fraction of sp³-hybridized carbons (Fsp3) is 0.814. The highest BCUT2D eigenvalue weighted by molar-refractivity contribution is 6.26. The molecule has 14 atom stereocenters. The van der Waals surface area contributed by atoms with Gasteiger partial charge in [-0.05, 0) is 48.9 Å². The van der Waals surface area contributed by atoms with Crippen molar-refractivity contribution in [2.24, 2.45) is 10.2 Å². The average Bonchev–Trinajstić information content (AvgIpc) is 3.32. The minimum atomic E-state index is -1.58. The zero-order chi connectivity index (χ0) is 47.0. The minimum Gasteiger partial charge on any atom is -0.462 e. The molecule has 0 amide bonds. The summed E-state index contributed by atoms with van der Waals surface area (Å²) >= 11 is 5.87. The third-order valence-corrected chi connectivity index (χ3v) is 11.3. The third kappa shape index (κ3) is 15.9. The highest BCUT2D eigenvalue weighted by atomic mass is 35.5. The van der Waals surface area contributed by atoms with Crippen LogP contribution >= 0.6 is 11.6 Å². The summed E-state index contributed by atoms with van der Waals surface area (Å²) in [6, 6.07) is 6.07. The molecule has 0 saturated carbocycles. The van der Waals surface area contributed by atoms with Gasteiger partial charge in [0.2, 0.25) is 0 Å². The first-order valence-electron chi connectivity index (χ1n) is 22.7. The molecule has 2 N–H and O–H groups in total. The maximum Gasteiger partial charge on any atom is 0.338 e. The van der Waals surface area contributed by atoms with Crippen LogP contribution < -0.4 is 0 Å². The number of aliphatic hydroxyl groups is 2. The van der Waals surface area contributed by atoms with Crippen LogP contribution in [-0.4, -0.2) is 167 Å². The normalized spacial score (nSPS) is 31.3. The van der Waals surface area contributed by atoms with E-state index in [9.17, 15) is 30.9 Å². The van der Waals surface area contributed by atoms with E-state index in [0.717, 1.165) is 19.3 Å². The number of alkyl halides is 1. The smallest absolute Gasteiger partial charge is 0.338 e. The van der Waals surface area contributed by atoms with E-state index in [1.807, 2.05) is 27.7 Å². The number of carbonyl (C=O) groups is 2. The maximum atomic E-state index is 14.1. The molecule has 0 radical (unpaired) electrons. The van der Waals surface area contributed by atoms with E-state index in [1.54, 1.807) is 30.3 Å². The van der Waals surface area contributed by atoms with Gasteiger partial charge >= 0.3 is 11.9 Å². The zero-order valence-corrected chi connectivity index (χ0v) is 38.5. The molecule has 3 aliphatic heterocycles. The monoisotopic (exact) mass is 942 g/mol.